The minimum Gasteiger partial charge on any atom is -0.394 e. The van der Waals surface area contributed by atoms with Crippen LogP contribution in [0.3, 0.4) is 0 Å². The molecule has 0 radical (unpaired) electrons. The number of urea groups is 1. The predicted molar refractivity (Wildman–Crippen MR) is 95.9 cm³/mol. The zero-order valence-corrected chi connectivity index (χ0v) is 16.4. The van der Waals surface area contributed by atoms with Crippen molar-refractivity contribution in [3.63, 3.8) is 0 Å². The van der Waals surface area contributed by atoms with Gasteiger partial charge in [-0.1, -0.05) is 0 Å². The lowest BCUT2D eigenvalue weighted by Crippen LogP contribution is -2.42. The van der Waals surface area contributed by atoms with Gasteiger partial charge in [0.15, 0.2) is 0 Å². The van der Waals surface area contributed by atoms with E-state index in [0.29, 0.717) is 12.7 Å². The first-order valence-electron chi connectivity index (χ1n) is 9.17. The summed E-state index contributed by atoms with van der Waals surface area (Å²) in [6.07, 6.45) is -5.25. The van der Waals surface area contributed by atoms with Crippen LogP contribution in [0, 0.1) is 0 Å². The van der Waals surface area contributed by atoms with Crippen LogP contribution in [0.5, 0.6) is 0 Å². The number of alkyl halides is 3. The maximum absolute atomic E-state index is 12.1. The van der Waals surface area contributed by atoms with Crippen molar-refractivity contribution in [2.45, 2.75) is 43.9 Å². The van der Waals surface area contributed by atoms with Crippen LogP contribution < -0.4 is 10.6 Å². The van der Waals surface area contributed by atoms with Crippen LogP contribution in [0.15, 0.2) is 11.8 Å². The van der Waals surface area contributed by atoms with Crippen LogP contribution in [-0.4, -0.2) is 91.4 Å². The molecular formula is C17H26F3N3O7. The molecule has 13 heteroatoms. The smallest absolute Gasteiger partial charge is 0.394 e. The van der Waals surface area contributed by atoms with Crippen molar-refractivity contribution in [2.24, 2.45) is 0 Å². The Kier molecular flexibility index (Phi) is 10.7. The number of nitrogens with zero attached hydrogens (tertiary/aromatic N) is 1. The fourth-order valence-electron chi connectivity index (χ4n) is 2.60. The van der Waals surface area contributed by atoms with Crippen molar-refractivity contribution in [3.8, 4) is 0 Å². The van der Waals surface area contributed by atoms with Crippen molar-refractivity contribution >= 4 is 18.2 Å². The maximum Gasteiger partial charge on any atom is 0.471 e. The third-order valence-electron chi connectivity index (χ3n) is 4.14. The van der Waals surface area contributed by atoms with Crippen LogP contribution >= 0.6 is 0 Å². The van der Waals surface area contributed by atoms with Crippen LogP contribution in [0.1, 0.15) is 19.3 Å². The zero-order valence-electron chi connectivity index (χ0n) is 16.4. The number of ether oxygens (including phenoxy) is 2. The number of halogens is 3. The van der Waals surface area contributed by atoms with Gasteiger partial charge in [-0.15, -0.1) is 0 Å². The number of aldehydes is 1. The van der Waals surface area contributed by atoms with Gasteiger partial charge in [0.05, 0.1) is 19.3 Å². The van der Waals surface area contributed by atoms with E-state index in [-0.39, 0.29) is 38.2 Å². The Morgan fingerprint density at radius 2 is 2.03 bits per heavy atom. The third-order valence-corrected chi connectivity index (χ3v) is 4.14. The number of amides is 3. The van der Waals surface area contributed by atoms with Crippen molar-refractivity contribution in [1.29, 1.82) is 0 Å². The molecule has 10 nitrogen and oxygen atoms in total. The first-order chi connectivity index (χ1) is 14.1. The minimum absolute atomic E-state index is 0.0496. The van der Waals surface area contributed by atoms with Crippen molar-refractivity contribution in [3.05, 3.63) is 11.8 Å². The molecule has 172 valence electrons. The molecule has 1 aliphatic heterocycles. The Labute approximate surface area is 171 Å². The molecule has 0 saturated carbocycles. The second kappa shape index (κ2) is 12.5. The van der Waals surface area contributed by atoms with Gasteiger partial charge in [-0.3, -0.25) is 14.5 Å². The molecule has 0 spiro atoms. The highest BCUT2D eigenvalue weighted by molar-refractivity contribution is 5.81. The molecule has 0 aromatic carbocycles. The van der Waals surface area contributed by atoms with Gasteiger partial charge in [0.1, 0.15) is 18.6 Å². The Balaban J connectivity index is 2.49. The van der Waals surface area contributed by atoms with E-state index < -0.39 is 43.2 Å². The number of hydrogen-bond donors (Lipinski definition) is 4. The molecule has 0 bridgehead atoms. The monoisotopic (exact) mass is 441 g/mol. The van der Waals surface area contributed by atoms with Gasteiger partial charge in [0.25, 0.3) is 0 Å². The Bertz CT molecular complexity index is 616. The second-order valence-electron chi connectivity index (χ2n) is 6.37. The molecule has 1 saturated heterocycles. The van der Waals surface area contributed by atoms with E-state index in [2.05, 4.69) is 5.32 Å². The van der Waals surface area contributed by atoms with Crippen LogP contribution in [-0.2, 0) is 19.1 Å². The molecule has 1 heterocycles. The molecule has 3 atom stereocenters. The summed E-state index contributed by atoms with van der Waals surface area (Å²) in [6, 6.07) is -0.582. The van der Waals surface area contributed by atoms with E-state index in [9.17, 15) is 32.7 Å². The Morgan fingerprint density at radius 3 is 2.57 bits per heavy atom. The molecule has 0 aromatic rings. The molecule has 30 heavy (non-hydrogen) atoms. The standard InChI is InChI=1S/C17H26F3N3O7/c1-21-16(28)23(14-7-12(26)13(10-25)30-14)8-11(9-24)3-2-5-29-6-4-22-15(27)17(18,19)20/h8-9,12-14,25-26H,2-7,10H2,1H3,(H,21,28)(H,22,27)/b11-8-/t12-,13+,14+/m0/s1. The zero-order chi connectivity index (χ0) is 22.7. The largest absolute Gasteiger partial charge is 0.471 e. The van der Waals surface area contributed by atoms with E-state index in [4.69, 9.17) is 14.6 Å². The van der Waals surface area contributed by atoms with E-state index in [1.54, 1.807) is 5.32 Å². The molecule has 3 amide bonds. The molecule has 1 fully saturated rings. The Morgan fingerprint density at radius 1 is 1.33 bits per heavy atom. The average Bonchev–Trinajstić information content (AvgIpc) is 3.08. The molecule has 0 unspecified atom stereocenters. The highest BCUT2D eigenvalue weighted by Crippen LogP contribution is 2.24. The van der Waals surface area contributed by atoms with Gasteiger partial charge in [-0.05, 0) is 12.8 Å². The van der Waals surface area contributed by atoms with Crippen molar-refractivity contribution in [1.82, 2.24) is 15.5 Å². The highest BCUT2D eigenvalue weighted by Gasteiger charge is 2.39. The van der Waals surface area contributed by atoms with E-state index in [1.165, 1.54) is 13.2 Å². The van der Waals surface area contributed by atoms with Crippen LogP contribution in [0.25, 0.3) is 0 Å². The maximum atomic E-state index is 12.1. The van der Waals surface area contributed by atoms with Gasteiger partial charge in [0.2, 0.25) is 0 Å². The SMILES string of the molecule is CNC(=O)N(/C=C(\C=O)CCCOCCNC(=O)C(F)(F)F)[C@H]1C[C@H](O)[C@@H](CO)O1. The Hall–Kier alpha value is -2.22. The number of carbonyl (C=O) groups excluding carboxylic acids is 3. The quantitative estimate of drug-likeness (QED) is 0.195. The van der Waals surface area contributed by atoms with Crippen molar-refractivity contribution < 1.29 is 47.2 Å². The number of allylic oxidation sites excluding steroid dienone is 1. The lowest BCUT2D eigenvalue weighted by molar-refractivity contribution is -0.173. The minimum atomic E-state index is -4.95. The normalized spacial score (nSPS) is 21.9. The first-order valence-corrected chi connectivity index (χ1v) is 9.17. The van der Waals surface area contributed by atoms with Gasteiger partial charge in [-0.2, -0.15) is 13.2 Å². The van der Waals surface area contributed by atoms with E-state index >= 15 is 0 Å². The summed E-state index contributed by atoms with van der Waals surface area (Å²) in [5.74, 6) is -2.05. The summed E-state index contributed by atoms with van der Waals surface area (Å²) >= 11 is 0. The number of rotatable bonds is 11. The van der Waals surface area contributed by atoms with Crippen molar-refractivity contribution in [2.75, 3.05) is 33.4 Å². The summed E-state index contributed by atoms with van der Waals surface area (Å²) in [6.45, 7) is -0.766. The molecule has 0 aromatic heterocycles. The summed E-state index contributed by atoms with van der Waals surface area (Å²) < 4.78 is 46.6. The van der Waals surface area contributed by atoms with Crippen LogP contribution in [0.4, 0.5) is 18.0 Å². The summed E-state index contributed by atoms with van der Waals surface area (Å²) in [5.41, 5.74) is 0.220. The highest BCUT2D eigenvalue weighted by atomic mass is 19.4. The average molecular weight is 441 g/mol. The van der Waals surface area contributed by atoms with Gasteiger partial charge in [-0.25, -0.2) is 4.79 Å². The molecular weight excluding hydrogens is 415 g/mol. The summed E-state index contributed by atoms with van der Waals surface area (Å²) in [7, 11) is 1.38. The van der Waals surface area contributed by atoms with Crippen LogP contribution in [0.2, 0.25) is 0 Å². The second-order valence-corrected chi connectivity index (χ2v) is 6.37. The van der Waals surface area contributed by atoms with Gasteiger partial charge < -0.3 is 30.3 Å². The number of carbonyl (C=O) groups is 3. The summed E-state index contributed by atoms with van der Waals surface area (Å²) in [5, 5.41) is 23.1. The molecule has 4 N–H and O–H groups in total. The number of nitrogens with one attached hydrogen (secondary N) is 2. The summed E-state index contributed by atoms with van der Waals surface area (Å²) in [4.78, 5) is 35.2. The fraction of sp³-hybridized carbons (Fsp3) is 0.706. The lowest BCUT2D eigenvalue weighted by atomic mass is 10.1. The first kappa shape index (κ1) is 25.8. The van der Waals surface area contributed by atoms with Gasteiger partial charge >= 0.3 is 18.1 Å². The van der Waals surface area contributed by atoms with Gasteiger partial charge in [0, 0.05) is 38.4 Å². The molecule has 1 rings (SSSR count). The topological polar surface area (TPSA) is 137 Å². The molecule has 1 aliphatic rings. The molecule has 0 aliphatic carbocycles. The third kappa shape index (κ3) is 8.26. The number of aliphatic hydroxyl groups excluding tert-OH is 2. The predicted octanol–water partition coefficient (Wildman–Crippen LogP) is -0.346. The lowest BCUT2D eigenvalue weighted by Gasteiger charge is -2.25. The number of hydrogen-bond acceptors (Lipinski definition) is 7. The number of aliphatic hydroxyl groups is 2. The van der Waals surface area contributed by atoms with E-state index in [1.807, 2.05) is 0 Å². The fourth-order valence-corrected chi connectivity index (χ4v) is 2.60. The van der Waals surface area contributed by atoms with E-state index in [0.717, 1.165) is 4.90 Å².